The van der Waals surface area contributed by atoms with E-state index in [1.165, 1.54) is 12.1 Å². The first-order valence-electron chi connectivity index (χ1n) is 9.84. The number of benzene rings is 2. The molecule has 2 atom stereocenters. The zero-order chi connectivity index (χ0) is 22.8. The summed E-state index contributed by atoms with van der Waals surface area (Å²) in [7, 11) is 1.49. The van der Waals surface area contributed by atoms with Crippen LogP contribution in [0.5, 0.6) is 11.5 Å². The van der Waals surface area contributed by atoms with Crippen LogP contribution in [0.3, 0.4) is 0 Å². The van der Waals surface area contributed by atoms with E-state index in [-0.39, 0.29) is 6.54 Å². The molecule has 11 heteroatoms. The van der Waals surface area contributed by atoms with Crippen molar-refractivity contribution in [3.05, 3.63) is 47.5 Å². The smallest absolute Gasteiger partial charge is 0.263 e. The van der Waals surface area contributed by atoms with Crippen LogP contribution in [0.15, 0.2) is 52.8 Å². The first-order valence-corrected chi connectivity index (χ1v) is 10.2. The van der Waals surface area contributed by atoms with Crippen molar-refractivity contribution in [2.24, 2.45) is 10.3 Å². The molecule has 1 fully saturated rings. The molecule has 4 rings (SSSR count). The number of hydrogen-bond acceptors (Lipinski definition) is 8. The zero-order valence-corrected chi connectivity index (χ0v) is 18.1. The second-order valence-electron chi connectivity index (χ2n) is 7.03. The molecule has 10 nitrogen and oxygen atoms in total. The van der Waals surface area contributed by atoms with Crippen molar-refractivity contribution in [1.82, 2.24) is 5.01 Å². The van der Waals surface area contributed by atoms with Gasteiger partial charge in [-0.2, -0.15) is 5.11 Å². The van der Waals surface area contributed by atoms with E-state index in [4.69, 9.17) is 21.1 Å². The van der Waals surface area contributed by atoms with Crippen LogP contribution in [0.25, 0.3) is 0 Å². The van der Waals surface area contributed by atoms with E-state index in [9.17, 15) is 14.4 Å². The van der Waals surface area contributed by atoms with Crippen molar-refractivity contribution in [2.75, 3.05) is 30.5 Å². The molecular formula is C21H20ClN5O5. The third-order valence-electron chi connectivity index (χ3n) is 5.00. The fraction of sp³-hybridized carbons (Fsp3) is 0.286. The Hall–Kier alpha value is -3.66. The standard InChI is InChI=1S/C21H20ClN5O5/c1-3-32-14-7-5-13(6-8-14)27-20(29)18-19(21(27)30)26(25-24-18)11-17(28)23-12-4-9-16(31-2)15(22)10-12/h4-10,18-19H,3,11H2,1-2H3,(H,23,28)/t18-,19-/m0/s1. The Balaban J connectivity index is 1.45. The van der Waals surface area contributed by atoms with Crippen molar-refractivity contribution >= 4 is 40.7 Å². The van der Waals surface area contributed by atoms with Crippen LogP contribution in [0.4, 0.5) is 11.4 Å². The summed E-state index contributed by atoms with van der Waals surface area (Å²) in [4.78, 5) is 39.4. The maximum Gasteiger partial charge on any atom is 0.263 e. The van der Waals surface area contributed by atoms with Crippen molar-refractivity contribution in [1.29, 1.82) is 0 Å². The van der Waals surface area contributed by atoms with Crippen LogP contribution in [0.1, 0.15) is 6.92 Å². The van der Waals surface area contributed by atoms with Gasteiger partial charge in [0.25, 0.3) is 11.8 Å². The van der Waals surface area contributed by atoms with Crippen LogP contribution in [-0.2, 0) is 14.4 Å². The number of imide groups is 1. The first-order chi connectivity index (χ1) is 15.4. The summed E-state index contributed by atoms with van der Waals surface area (Å²) in [6, 6.07) is 9.46. The van der Waals surface area contributed by atoms with Gasteiger partial charge in [0.1, 0.15) is 18.0 Å². The van der Waals surface area contributed by atoms with E-state index in [1.807, 2.05) is 6.92 Å². The summed E-state index contributed by atoms with van der Waals surface area (Å²) in [5.41, 5.74) is 0.864. The number of fused-ring (bicyclic) bond motifs is 1. The molecule has 166 valence electrons. The quantitative estimate of drug-likeness (QED) is 0.639. The molecule has 1 saturated heterocycles. The van der Waals surface area contributed by atoms with Crippen LogP contribution < -0.4 is 19.7 Å². The number of halogens is 1. The van der Waals surface area contributed by atoms with Crippen molar-refractivity contribution < 1.29 is 23.9 Å². The lowest BCUT2D eigenvalue weighted by Crippen LogP contribution is -2.43. The van der Waals surface area contributed by atoms with Gasteiger partial charge in [-0.25, -0.2) is 4.90 Å². The molecule has 0 spiro atoms. The van der Waals surface area contributed by atoms with Gasteiger partial charge in [-0.05, 0) is 49.4 Å². The molecule has 3 amide bonds. The molecule has 32 heavy (non-hydrogen) atoms. The number of hydrogen-bond donors (Lipinski definition) is 1. The van der Waals surface area contributed by atoms with E-state index < -0.39 is 29.8 Å². The summed E-state index contributed by atoms with van der Waals surface area (Å²) in [5, 5.41) is 12.0. The summed E-state index contributed by atoms with van der Waals surface area (Å²) >= 11 is 6.08. The summed E-state index contributed by atoms with van der Waals surface area (Å²) < 4.78 is 10.5. The summed E-state index contributed by atoms with van der Waals surface area (Å²) in [5.74, 6) is -0.310. The molecule has 2 aromatic carbocycles. The molecular weight excluding hydrogens is 438 g/mol. The lowest BCUT2D eigenvalue weighted by atomic mass is 10.1. The van der Waals surface area contributed by atoms with Gasteiger partial charge in [0.2, 0.25) is 5.91 Å². The van der Waals surface area contributed by atoms with Crippen molar-refractivity contribution in [2.45, 2.75) is 19.0 Å². The lowest BCUT2D eigenvalue weighted by Gasteiger charge is -2.20. The highest BCUT2D eigenvalue weighted by molar-refractivity contribution is 6.32. The molecule has 0 unspecified atom stereocenters. The van der Waals surface area contributed by atoms with Gasteiger partial charge in [-0.3, -0.25) is 19.4 Å². The Labute approximate surface area is 188 Å². The van der Waals surface area contributed by atoms with Crippen LogP contribution in [0, 0.1) is 0 Å². The number of nitrogens with zero attached hydrogens (tertiary/aromatic N) is 4. The molecule has 2 heterocycles. The Morgan fingerprint density at radius 2 is 1.91 bits per heavy atom. The van der Waals surface area contributed by atoms with E-state index in [1.54, 1.807) is 42.5 Å². The predicted molar refractivity (Wildman–Crippen MR) is 116 cm³/mol. The molecule has 0 saturated carbocycles. The number of amides is 3. The molecule has 0 aromatic heterocycles. The van der Waals surface area contributed by atoms with E-state index in [0.717, 1.165) is 4.90 Å². The largest absolute Gasteiger partial charge is 0.495 e. The normalized spacial score (nSPS) is 19.3. The number of anilines is 2. The molecule has 2 aromatic rings. The SMILES string of the molecule is CCOc1ccc(N2C(=O)[C@H]3N=NN(CC(=O)Nc4ccc(OC)c(Cl)c4)[C@@H]3C2=O)cc1. The molecule has 2 aliphatic rings. The minimum Gasteiger partial charge on any atom is -0.495 e. The van der Waals surface area contributed by atoms with Crippen LogP contribution in [-0.4, -0.2) is 55.1 Å². The van der Waals surface area contributed by atoms with E-state index in [0.29, 0.717) is 34.5 Å². The number of rotatable bonds is 7. The maximum absolute atomic E-state index is 13.0. The van der Waals surface area contributed by atoms with E-state index >= 15 is 0 Å². The second-order valence-corrected chi connectivity index (χ2v) is 7.44. The number of ether oxygens (including phenoxy) is 2. The van der Waals surface area contributed by atoms with Gasteiger partial charge in [0, 0.05) is 5.69 Å². The minimum atomic E-state index is -0.989. The highest BCUT2D eigenvalue weighted by Gasteiger charge is 2.55. The topological polar surface area (TPSA) is 113 Å². The van der Waals surface area contributed by atoms with Crippen LogP contribution in [0.2, 0.25) is 5.02 Å². The second kappa shape index (κ2) is 8.83. The maximum atomic E-state index is 13.0. The van der Waals surface area contributed by atoms with Crippen LogP contribution >= 0.6 is 11.6 Å². The Morgan fingerprint density at radius 3 is 2.56 bits per heavy atom. The molecule has 0 bridgehead atoms. The number of nitrogens with one attached hydrogen (secondary N) is 1. The molecule has 0 aliphatic carbocycles. The molecule has 0 radical (unpaired) electrons. The van der Waals surface area contributed by atoms with Crippen molar-refractivity contribution in [3.63, 3.8) is 0 Å². The monoisotopic (exact) mass is 457 g/mol. The first kappa shape index (κ1) is 21.6. The Bertz CT molecular complexity index is 1090. The summed E-state index contributed by atoms with van der Waals surface area (Å²) in [6.07, 6.45) is 0. The van der Waals surface area contributed by atoms with Gasteiger partial charge in [0.05, 0.1) is 24.4 Å². The number of carbonyl (C=O) groups is 3. The third-order valence-corrected chi connectivity index (χ3v) is 5.30. The highest BCUT2D eigenvalue weighted by atomic mass is 35.5. The van der Waals surface area contributed by atoms with Gasteiger partial charge in [0.15, 0.2) is 12.1 Å². The van der Waals surface area contributed by atoms with Gasteiger partial charge in [-0.1, -0.05) is 16.8 Å². The Kier molecular flexibility index (Phi) is 5.95. The van der Waals surface area contributed by atoms with E-state index in [2.05, 4.69) is 15.7 Å². The summed E-state index contributed by atoms with van der Waals surface area (Å²) in [6.45, 7) is 2.11. The Morgan fingerprint density at radius 1 is 1.16 bits per heavy atom. The number of carbonyl (C=O) groups excluding carboxylic acids is 3. The van der Waals surface area contributed by atoms with Crippen molar-refractivity contribution in [3.8, 4) is 11.5 Å². The predicted octanol–water partition coefficient (Wildman–Crippen LogP) is 2.68. The molecule has 1 N–H and O–H groups in total. The average molecular weight is 458 g/mol. The van der Waals surface area contributed by atoms with Gasteiger partial charge < -0.3 is 14.8 Å². The fourth-order valence-corrected chi connectivity index (χ4v) is 3.82. The average Bonchev–Trinajstić information content (AvgIpc) is 3.28. The number of methoxy groups -OCH3 is 1. The molecule has 2 aliphatic heterocycles. The lowest BCUT2D eigenvalue weighted by molar-refractivity contribution is -0.123. The minimum absolute atomic E-state index is 0.259. The van der Waals surface area contributed by atoms with Gasteiger partial charge >= 0.3 is 0 Å². The highest BCUT2D eigenvalue weighted by Crippen LogP contribution is 2.33. The zero-order valence-electron chi connectivity index (χ0n) is 17.3. The third kappa shape index (κ3) is 3.96. The fourth-order valence-electron chi connectivity index (χ4n) is 3.56. The van der Waals surface area contributed by atoms with Gasteiger partial charge in [-0.15, -0.1) is 0 Å².